The van der Waals surface area contributed by atoms with Crippen LogP contribution < -0.4 is 4.74 Å². The third-order valence-corrected chi connectivity index (χ3v) is 4.75. The fraction of sp³-hybridized carbons (Fsp3) is 0.529. The van der Waals surface area contributed by atoms with Gasteiger partial charge in [0.2, 0.25) is 4.77 Å². The van der Waals surface area contributed by atoms with E-state index in [1.165, 1.54) is 32.1 Å². The minimum atomic E-state index is 0.723. The Labute approximate surface area is 142 Å². The van der Waals surface area contributed by atoms with E-state index in [0.29, 0.717) is 0 Å². The zero-order valence-electron chi connectivity index (χ0n) is 13.6. The summed E-state index contributed by atoms with van der Waals surface area (Å²) in [6.45, 7) is 3.04. The summed E-state index contributed by atoms with van der Waals surface area (Å²) in [6.07, 6.45) is 8.37. The van der Waals surface area contributed by atoms with Crippen molar-refractivity contribution >= 4 is 12.2 Å². The zero-order valence-corrected chi connectivity index (χ0v) is 14.5. The topological polar surface area (TPSA) is 35.2 Å². The molecule has 5 nitrogen and oxygen atoms in total. The molecule has 0 radical (unpaired) electrons. The molecular weight excluding hydrogens is 308 g/mol. The summed E-state index contributed by atoms with van der Waals surface area (Å²) < 4.78 is 9.86. The van der Waals surface area contributed by atoms with Crippen molar-refractivity contribution < 1.29 is 4.74 Å². The Morgan fingerprint density at radius 3 is 2.61 bits per heavy atom. The molecule has 0 amide bonds. The maximum atomic E-state index is 5.61. The molecule has 1 aliphatic rings. The van der Waals surface area contributed by atoms with Crippen LogP contribution in [0.15, 0.2) is 30.6 Å². The van der Waals surface area contributed by atoms with Crippen LogP contribution in [-0.4, -0.2) is 39.4 Å². The number of nitrogens with zero attached hydrogens (tertiary/aromatic N) is 4. The number of aromatic nitrogens is 3. The summed E-state index contributed by atoms with van der Waals surface area (Å²) in [5, 5.41) is 4.49. The molecule has 1 saturated heterocycles. The van der Waals surface area contributed by atoms with Gasteiger partial charge in [-0.1, -0.05) is 25.3 Å². The fourth-order valence-corrected chi connectivity index (χ4v) is 3.27. The third kappa shape index (κ3) is 4.00. The van der Waals surface area contributed by atoms with Crippen LogP contribution in [-0.2, 0) is 6.67 Å². The molecule has 3 rings (SSSR count). The summed E-state index contributed by atoms with van der Waals surface area (Å²) >= 11 is 5.61. The highest BCUT2D eigenvalue weighted by atomic mass is 32.1. The van der Waals surface area contributed by atoms with Gasteiger partial charge < -0.3 is 4.74 Å². The Balaban J connectivity index is 1.77. The molecule has 2 aromatic rings. The van der Waals surface area contributed by atoms with E-state index in [2.05, 4.69) is 10.00 Å². The molecule has 23 heavy (non-hydrogen) atoms. The molecule has 0 atom stereocenters. The monoisotopic (exact) mass is 332 g/mol. The van der Waals surface area contributed by atoms with Gasteiger partial charge in [-0.2, -0.15) is 5.10 Å². The summed E-state index contributed by atoms with van der Waals surface area (Å²) in [7, 11) is 1.67. The van der Waals surface area contributed by atoms with E-state index in [4.69, 9.17) is 17.0 Å². The van der Waals surface area contributed by atoms with Crippen LogP contribution in [0.25, 0.3) is 5.69 Å². The number of methoxy groups -OCH3 is 1. The number of benzene rings is 1. The average molecular weight is 332 g/mol. The second-order valence-corrected chi connectivity index (χ2v) is 6.38. The highest BCUT2D eigenvalue weighted by molar-refractivity contribution is 7.71. The lowest BCUT2D eigenvalue weighted by Crippen LogP contribution is -2.30. The van der Waals surface area contributed by atoms with Gasteiger partial charge in [0.15, 0.2) is 0 Å². The largest absolute Gasteiger partial charge is 0.497 e. The molecular formula is C17H24N4OS. The Kier molecular flexibility index (Phi) is 5.46. The number of ether oxygens (including phenoxy) is 1. The van der Waals surface area contributed by atoms with E-state index >= 15 is 0 Å². The summed E-state index contributed by atoms with van der Waals surface area (Å²) in [5.41, 5.74) is 0.980. The van der Waals surface area contributed by atoms with E-state index in [-0.39, 0.29) is 0 Å². The molecule has 0 aliphatic carbocycles. The molecule has 1 aromatic carbocycles. The number of rotatable bonds is 4. The lowest BCUT2D eigenvalue weighted by Gasteiger charge is -2.24. The quantitative estimate of drug-likeness (QED) is 0.801. The van der Waals surface area contributed by atoms with Gasteiger partial charge in [0.1, 0.15) is 12.1 Å². The van der Waals surface area contributed by atoms with Gasteiger partial charge in [0.05, 0.1) is 19.5 Å². The second-order valence-electron chi connectivity index (χ2n) is 6.01. The first kappa shape index (κ1) is 16.2. The number of hydrogen-bond acceptors (Lipinski definition) is 4. The first-order chi connectivity index (χ1) is 11.3. The normalized spacial score (nSPS) is 16.7. The highest BCUT2D eigenvalue weighted by Gasteiger charge is 2.11. The predicted octanol–water partition coefficient (Wildman–Crippen LogP) is 3.64. The first-order valence-corrected chi connectivity index (χ1v) is 8.70. The van der Waals surface area contributed by atoms with Crippen LogP contribution in [0.3, 0.4) is 0 Å². The summed E-state index contributed by atoms with van der Waals surface area (Å²) in [4.78, 5) is 2.46. The van der Waals surface area contributed by atoms with Crippen LogP contribution in [0.5, 0.6) is 5.75 Å². The summed E-state index contributed by atoms with van der Waals surface area (Å²) in [6, 6.07) is 7.88. The van der Waals surface area contributed by atoms with Gasteiger partial charge in [-0.05, 0) is 50.3 Å². The van der Waals surface area contributed by atoms with Crippen molar-refractivity contribution in [3.63, 3.8) is 0 Å². The van der Waals surface area contributed by atoms with E-state index in [9.17, 15) is 0 Å². The van der Waals surface area contributed by atoms with Gasteiger partial charge in [0.25, 0.3) is 0 Å². The van der Waals surface area contributed by atoms with Crippen LogP contribution in [0.4, 0.5) is 0 Å². The van der Waals surface area contributed by atoms with Gasteiger partial charge in [-0.3, -0.25) is 9.47 Å². The molecule has 0 N–H and O–H groups in total. The Hall–Kier alpha value is -1.66. The van der Waals surface area contributed by atoms with Crippen molar-refractivity contribution in [3.8, 4) is 11.4 Å². The van der Waals surface area contributed by atoms with Crippen LogP contribution in [0.2, 0.25) is 0 Å². The number of likely N-dealkylation sites (tertiary alicyclic amines) is 1. The van der Waals surface area contributed by atoms with Gasteiger partial charge >= 0.3 is 0 Å². The molecule has 6 heteroatoms. The third-order valence-electron chi connectivity index (χ3n) is 4.35. The molecule has 0 unspecified atom stereocenters. The Morgan fingerprint density at radius 2 is 1.87 bits per heavy atom. The summed E-state index contributed by atoms with van der Waals surface area (Å²) in [5.74, 6) is 0.820. The Bertz CT molecular complexity index is 686. The zero-order chi connectivity index (χ0) is 16.1. The lowest BCUT2D eigenvalue weighted by molar-refractivity contribution is 0.188. The van der Waals surface area contributed by atoms with Crippen molar-refractivity contribution in [2.24, 2.45) is 0 Å². The van der Waals surface area contributed by atoms with Crippen LogP contribution >= 0.6 is 12.2 Å². The van der Waals surface area contributed by atoms with E-state index in [0.717, 1.165) is 36.0 Å². The van der Waals surface area contributed by atoms with Crippen molar-refractivity contribution in [1.29, 1.82) is 0 Å². The highest BCUT2D eigenvalue weighted by Crippen LogP contribution is 2.17. The number of hydrogen-bond donors (Lipinski definition) is 0. The van der Waals surface area contributed by atoms with Gasteiger partial charge in [-0.15, -0.1) is 0 Å². The maximum absolute atomic E-state index is 5.61. The standard InChI is InChI=1S/C17H24N4OS/c1-22-16-9-7-8-15(12-16)20-13-18-21(17(20)23)14-19-10-5-3-2-4-6-11-19/h7-9,12-13H,2-6,10-11,14H2,1H3. The van der Waals surface area contributed by atoms with Crippen LogP contribution in [0, 0.1) is 4.77 Å². The molecule has 2 heterocycles. The molecule has 0 saturated carbocycles. The second kappa shape index (κ2) is 7.75. The van der Waals surface area contributed by atoms with Crippen molar-refractivity contribution in [3.05, 3.63) is 35.4 Å². The van der Waals surface area contributed by atoms with Crippen molar-refractivity contribution in [1.82, 2.24) is 19.2 Å². The van der Waals surface area contributed by atoms with Crippen molar-refractivity contribution in [2.45, 2.75) is 38.8 Å². The van der Waals surface area contributed by atoms with E-state index in [1.54, 1.807) is 13.4 Å². The van der Waals surface area contributed by atoms with Crippen LogP contribution in [0.1, 0.15) is 32.1 Å². The predicted molar refractivity (Wildman–Crippen MR) is 93.6 cm³/mol. The average Bonchev–Trinajstić information content (AvgIpc) is 2.91. The molecule has 124 valence electrons. The molecule has 0 spiro atoms. The van der Waals surface area contributed by atoms with Crippen molar-refractivity contribution in [2.75, 3.05) is 20.2 Å². The Morgan fingerprint density at radius 1 is 1.13 bits per heavy atom. The smallest absolute Gasteiger partial charge is 0.203 e. The minimum Gasteiger partial charge on any atom is -0.497 e. The molecule has 0 bridgehead atoms. The molecule has 1 fully saturated rings. The van der Waals surface area contributed by atoms with Gasteiger partial charge in [0, 0.05) is 6.07 Å². The molecule has 1 aliphatic heterocycles. The lowest BCUT2D eigenvalue weighted by atomic mass is 10.1. The van der Waals surface area contributed by atoms with E-state index in [1.807, 2.05) is 33.5 Å². The molecule has 1 aromatic heterocycles. The van der Waals surface area contributed by atoms with E-state index < -0.39 is 0 Å². The maximum Gasteiger partial charge on any atom is 0.203 e. The first-order valence-electron chi connectivity index (χ1n) is 8.29. The SMILES string of the molecule is COc1cccc(-n2cnn(CN3CCCCCCC3)c2=S)c1. The fourth-order valence-electron chi connectivity index (χ4n) is 3.02. The van der Waals surface area contributed by atoms with Gasteiger partial charge in [-0.25, -0.2) is 4.68 Å². The minimum absolute atomic E-state index is 0.723.